The standard InChI is InChI=1S/C25H16ClF2NO3/c26-16-9-11-24(32-14-15-8-10-17(27)13-21(15)28)20(12-16)18-4-1-2-5-19(18)22-6-3-7-23(29-22)25(30)31/h1-13H,14H2,(H,30,31). The van der Waals surface area contributed by atoms with E-state index in [1.807, 2.05) is 24.3 Å². The maximum absolute atomic E-state index is 14.0. The van der Waals surface area contributed by atoms with Gasteiger partial charge in [-0.05, 0) is 48.0 Å². The van der Waals surface area contributed by atoms with Crippen molar-refractivity contribution in [1.82, 2.24) is 4.98 Å². The largest absolute Gasteiger partial charge is 0.488 e. The zero-order valence-corrected chi connectivity index (χ0v) is 17.3. The first-order valence-electron chi connectivity index (χ1n) is 9.59. The molecule has 3 aromatic carbocycles. The first-order valence-corrected chi connectivity index (χ1v) is 9.96. The second kappa shape index (κ2) is 9.16. The third kappa shape index (κ3) is 4.60. The number of pyridine rings is 1. The van der Waals surface area contributed by atoms with E-state index in [0.29, 0.717) is 33.2 Å². The third-order valence-corrected chi connectivity index (χ3v) is 5.04. The Morgan fingerprint density at radius 3 is 2.44 bits per heavy atom. The molecule has 0 aliphatic rings. The van der Waals surface area contributed by atoms with Crippen LogP contribution in [0, 0.1) is 11.6 Å². The minimum Gasteiger partial charge on any atom is -0.488 e. The van der Waals surface area contributed by atoms with E-state index >= 15 is 0 Å². The van der Waals surface area contributed by atoms with E-state index < -0.39 is 17.6 Å². The molecular formula is C25H16ClF2NO3. The average Bonchev–Trinajstić information content (AvgIpc) is 2.79. The van der Waals surface area contributed by atoms with Crippen molar-refractivity contribution in [3.63, 3.8) is 0 Å². The number of hydrogen-bond acceptors (Lipinski definition) is 3. The summed E-state index contributed by atoms with van der Waals surface area (Å²) in [5.41, 5.74) is 2.60. The Hall–Kier alpha value is -3.77. The van der Waals surface area contributed by atoms with Crippen molar-refractivity contribution in [2.24, 2.45) is 0 Å². The van der Waals surface area contributed by atoms with Gasteiger partial charge in [0.15, 0.2) is 0 Å². The zero-order chi connectivity index (χ0) is 22.7. The van der Waals surface area contributed by atoms with Crippen molar-refractivity contribution in [2.75, 3.05) is 0 Å². The summed E-state index contributed by atoms with van der Waals surface area (Å²) in [5, 5.41) is 9.75. The van der Waals surface area contributed by atoms with E-state index in [0.717, 1.165) is 6.07 Å². The van der Waals surface area contributed by atoms with Gasteiger partial charge in [0.05, 0.1) is 5.69 Å². The highest BCUT2D eigenvalue weighted by Gasteiger charge is 2.16. The van der Waals surface area contributed by atoms with Gasteiger partial charge in [0.2, 0.25) is 0 Å². The van der Waals surface area contributed by atoms with Crippen LogP contribution in [0.2, 0.25) is 5.02 Å². The van der Waals surface area contributed by atoms with E-state index in [-0.39, 0.29) is 17.9 Å². The maximum Gasteiger partial charge on any atom is 0.354 e. The molecule has 0 amide bonds. The highest BCUT2D eigenvalue weighted by atomic mass is 35.5. The van der Waals surface area contributed by atoms with Crippen LogP contribution in [0.4, 0.5) is 8.78 Å². The number of halogens is 3. The minimum absolute atomic E-state index is 0.0772. The zero-order valence-electron chi connectivity index (χ0n) is 16.6. The molecule has 1 aromatic heterocycles. The Morgan fingerprint density at radius 1 is 0.906 bits per heavy atom. The summed E-state index contributed by atoms with van der Waals surface area (Å²) in [6.07, 6.45) is 0. The van der Waals surface area contributed by atoms with Crippen LogP contribution in [0.15, 0.2) is 78.9 Å². The highest BCUT2D eigenvalue weighted by Crippen LogP contribution is 2.38. The van der Waals surface area contributed by atoms with Crippen molar-refractivity contribution in [3.05, 3.63) is 107 Å². The molecule has 0 fully saturated rings. The number of hydrogen-bond donors (Lipinski definition) is 1. The van der Waals surface area contributed by atoms with Crippen molar-refractivity contribution in [3.8, 4) is 28.1 Å². The van der Waals surface area contributed by atoms with Gasteiger partial charge in [0.25, 0.3) is 0 Å². The predicted molar refractivity (Wildman–Crippen MR) is 118 cm³/mol. The van der Waals surface area contributed by atoms with E-state index in [4.69, 9.17) is 16.3 Å². The molecule has 0 unspecified atom stereocenters. The lowest BCUT2D eigenvalue weighted by atomic mass is 9.96. The third-order valence-electron chi connectivity index (χ3n) is 4.80. The fourth-order valence-electron chi connectivity index (χ4n) is 3.28. The van der Waals surface area contributed by atoms with Gasteiger partial charge in [-0.1, -0.05) is 41.9 Å². The SMILES string of the molecule is O=C(O)c1cccc(-c2ccccc2-c2cc(Cl)ccc2OCc2ccc(F)cc2F)n1. The normalized spacial score (nSPS) is 10.7. The van der Waals surface area contributed by atoms with Crippen molar-refractivity contribution in [1.29, 1.82) is 0 Å². The number of nitrogens with zero attached hydrogens (tertiary/aromatic N) is 1. The van der Waals surface area contributed by atoms with Gasteiger partial charge in [-0.25, -0.2) is 18.6 Å². The van der Waals surface area contributed by atoms with Gasteiger partial charge in [0.1, 0.15) is 29.7 Å². The molecule has 7 heteroatoms. The number of carboxylic acids is 1. The van der Waals surface area contributed by atoms with Crippen LogP contribution in [-0.4, -0.2) is 16.1 Å². The predicted octanol–water partition coefficient (Wildman–Crippen LogP) is 6.62. The van der Waals surface area contributed by atoms with Crippen LogP contribution in [0.25, 0.3) is 22.4 Å². The summed E-state index contributed by atoms with van der Waals surface area (Å²) in [6.45, 7) is -0.115. The first kappa shape index (κ1) is 21.5. The summed E-state index contributed by atoms with van der Waals surface area (Å²) in [5.74, 6) is -2.06. The molecule has 4 nitrogen and oxygen atoms in total. The Balaban J connectivity index is 1.75. The second-order valence-electron chi connectivity index (χ2n) is 6.92. The van der Waals surface area contributed by atoms with E-state index in [2.05, 4.69) is 4.98 Å². The van der Waals surface area contributed by atoms with E-state index in [1.165, 1.54) is 18.2 Å². The van der Waals surface area contributed by atoms with Gasteiger partial charge >= 0.3 is 5.97 Å². The molecule has 0 saturated heterocycles. The second-order valence-corrected chi connectivity index (χ2v) is 7.36. The first-order chi connectivity index (χ1) is 15.4. The molecule has 160 valence electrons. The van der Waals surface area contributed by atoms with Gasteiger partial charge < -0.3 is 9.84 Å². The average molecular weight is 452 g/mol. The van der Waals surface area contributed by atoms with Crippen LogP contribution in [-0.2, 0) is 6.61 Å². The molecule has 0 saturated carbocycles. The quantitative estimate of drug-likeness (QED) is 0.357. The van der Waals surface area contributed by atoms with Crippen molar-refractivity contribution >= 4 is 17.6 Å². The smallest absolute Gasteiger partial charge is 0.354 e. The van der Waals surface area contributed by atoms with Gasteiger partial charge in [0, 0.05) is 27.8 Å². The Labute approximate surface area is 187 Å². The monoisotopic (exact) mass is 451 g/mol. The molecule has 0 radical (unpaired) electrons. The molecule has 1 heterocycles. The van der Waals surface area contributed by atoms with Crippen LogP contribution < -0.4 is 4.74 Å². The Bertz CT molecular complexity index is 1310. The minimum atomic E-state index is -1.13. The van der Waals surface area contributed by atoms with Gasteiger partial charge in [-0.15, -0.1) is 0 Å². The van der Waals surface area contributed by atoms with Gasteiger partial charge in [-0.3, -0.25) is 0 Å². The molecule has 0 spiro atoms. The fraction of sp³-hybridized carbons (Fsp3) is 0.0400. The number of aromatic nitrogens is 1. The summed E-state index contributed by atoms with van der Waals surface area (Å²) in [4.78, 5) is 15.6. The number of aromatic carboxylic acids is 1. The molecule has 0 atom stereocenters. The van der Waals surface area contributed by atoms with Crippen LogP contribution in [0.1, 0.15) is 16.1 Å². The van der Waals surface area contributed by atoms with Gasteiger partial charge in [-0.2, -0.15) is 0 Å². The molecule has 1 N–H and O–H groups in total. The number of ether oxygens (including phenoxy) is 1. The molecule has 0 aliphatic carbocycles. The Morgan fingerprint density at radius 2 is 1.69 bits per heavy atom. The molecule has 0 bridgehead atoms. The molecule has 0 aliphatic heterocycles. The topological polar surface area (TPSA) is 59.4 Å². The number of carboxylic acid groups (broad SMARTS) is 1. The number of carbonyl (C=O) groups is 1. The molecule has 4 aromatic rings. The lowest BCUT2D eigenvalue weighted by Crippen LogP contribution is -2.02. The number of benzene rings is 3. The molecular weight excluding hydrogens is 436 g/mol. The molecule has 4 rings (SSSR count). The summed E-state index contributed by atoms with van der Waals surface area (Å²) in [6, 6.07) is 20.3. The van der Waals surface area contributed by atoms with Crippen LogP contribution in [0.5, 0.6) is 5.75 Å². The Kier molecular flexibility index (Phi) is 6.14. The van der Waals surface area contributed by atoms with Crippen molar-refractivity contribution in [2.45, 2.75) is 6.61 Å². The summed E-state index contributed by atoms with van der Waals surface area (Å²) >= 11 is 6.24. The van der Waals surface area contributed by atoms with Crippen molar-refractivity contribution < 1.29 is 23.4 Å². The number of rotatable bonds is 6. The fourth-order valence-corrected chi connectivity index (χ4v) is 3.45. The lowest BCUT2D eigenvalue weighted by Gasteiger charge is -2.16. The maximum atomic E-state index is 14.0. The van der Waals surface area contributed by atoms with E-state index in [1.54, 1.807) is 30.3 Å². The molecule has 32 heavy (non-hydrogen) atoms. The van der Waals surface area contributed by atoms with Crippen LogP contribution in [0.3, 0.4) is 0 Å². The highest BCUT2D eigenvalue weighted by molar-refractivity contribution is 6.31. The summed E-state index contributed by atoms with van der Waals surface area (Å²) in [7, 11) is 0. The summed E-state index contributed by atoms with van der Waals surface area (Å²) < 4.78 is 33.1. The lowest BCUT2D eigenvalue weighted by molar-refractivity contribution is 0.0690. The van der Waals surface area contributed by atoms with Crippen LogP contribution >= 0.6 is 11.6 Å². The van der Waals surface area contributed by atoms with E-state index in [9.17, 15) is 18.7 Å².